The molecule has 4 aliphatic rings. The number of nitrogens with zero attached hydrogens (tertiary/aromatic N) is 2. The van der Waals surface area contributed by atoms with Crippen LogP contribution in [0.3, 0.4) is 0 Å². The van der Waals surface area contributed by atoms with E-state index in [9.17, 15) is 0 Å². The van der Waals surface area contributed by atoms with Crippen molar-refractivity contribution in [2.75, 3.05) is 0 Å². The average Bonchev–Trinajstić information content (AvgIpc) is 3.30. The van der Waals surface area contributed by atoms with Crippen LogP contribution in [0.1, 0.15) is 69.1 Å². The van der Waals surface area contributed by atoms with Crippen molar-refractivity contribution in [3.05, 3.63) is 132 Å². The van der Waals surface area contributed by atoms with Crippen LogP contribution >= 0.6 is 0 Å². The van der Waals surface area contributed by atoms with E-state index in [1.807, 2.05) is 48.7 Å². The van der Waals surface area contributed by atoms with Crippen LogP contribution in [0.5, 0.6) is 0 Å². The number of pyridine rings is 2. The van der Waals surface area contributed by atoms with Gasteiger partial charge in [0.25, 0.3) is 0 Å². The summed E-state index contributed by atoms with van der Waals surface area (Å²) in [5, 5.41) is 0. The molecular weight excluding hydrogens is 689 g/mol. The van der Waals surface area contributed by atoms with Crippen molar-refractivity contribution < 1.29 is 20.1 Å². The van der Waals surface area contributed by atoms with Gasteiger partial charge in [0.15, 0.2) is 0 Å². The van der Waals surface area contributed by atoms with Crippen LogP contribution in [0.25, 0.3) is 33.6 Å². The van der Waals surface area contributed by atoms with Crippen LogP contribution in [-0.4, -0.2) is 9.97 Å². The third-order valence-electron chi connectivity index (χ3n) is 9.88. The SMILES string of the molecule is CC1(C)c2ccccc2-c2cc[c-]c(-c3cc(C45CCC(CC4)CC5)ccn3)c21.[Ir].[c-]1ccccc1-c1ccccn1. The van der Waals surface area contributed by atoms with E-state index < -0.39 is 0 Å². The summed E-state index contributed by atoms with van der Waals surface area (Å²) in [6.07, 6.45) is 12.1. The van der Waals surface area contributed by atoms with Gasteiger partial charge in [0.2, 0.25) is 0 Å². The monoisotopic (exact) mass is 725 g/mol. The number of rotatable bonds is 3. The Morgan fingerprint density at radius 1 is 0.690 bits per heavy atom. The zero-order chi connectivity index (χ0) is 27.9. The van der Waals surface area contributed by atoms with Gasteiger partial charge < -0.3 is 9.97 Å². The molecule has 0 spiro atoms. The minimum atomic E-state index is -0.0299. The summed E-state index contributed by atoms with van der Waals surface area (Å²) < 4.78 is 0. The van der Waals surface area contributed by atoms with E-state index in [2.05, 4.69) is 79.5 Å². The van der Waals surface area contributed by atoms with Gasteiger partial charge in [-0.05, 0) is 95.5 Å². The topological polar surface area (TPSA) is 25.8 Å². The molecule has 0 saturated heterocycles. The Bertz CT molecular complexity index is 1620. The van der Waals surface area contributed by atoms with Crippen molar-refractivity contribution in [2.45, 2.75) is 63.2 Å². The summed E-state index contributed by atoms with van der Waals surface area (Å²) in [6.45, 7) is 4.69. The molecule has 2 bridgehead atoms. The third-order valence-corrected chi connectivity index (χ3v) is 9.88. The maximum atomic E-state index is 4.86. The fourth-order valence-electron chi connectivity index (χ4n) is 7.63. The molecule has 42 heavy (non-hydrogen) atoms. The summed E-state index contributed by atoms with van der Waals surface area (Å²) in [5.74, 6) is 0.989. The van der Waals surface area contributed by atoms with Crippen molar-refractivity contribution in [2.24, 2.45) is 5.92 Å². The van der Waals surface area contributed by atoms with Gasteiger partial charge in [0.05, 0.1) is 0 Å². The van der Waals surface area contributed by atoms with Crippen LogP contribution in [0.15, 0.2) is 103 Å². The molecule has 213 valence electrons. The Balaban J connectivity index is 0.000000205. The summed E-state index contributed by atoms with van der Waals surface area (Å²) >= 11 is 0. The first-order valence-electron chi connectivity index (χ1n) is 15.1. The number of hydrogen-bond donors (Lipinski definition) is 0. The van der Waals surface area contributed by atoms with Crippen LogP contribution < -0.4 is 0 Å². The van der Waals surface area contributed by atoms with Crippen molar-refractivity contribution in [1.29, 1.82) is 0 Å². The Hall–Kier alpha value is -3.39. The molecule has 3 fully saturated rings. The second-order valence-electron chi connectivity index (χ2n) is 12.5. The van der Waals surface area contributed by atoms with Gasteiger partial charge in [-0.2, -0.15) is 0 Å². The molecule has 1 radical (unpaired) electrons. The van der Waals surface area contributed by atoms with Crippen LogP contribution in [0, 0.1) is 18.1 Å². The summed E-state index contributed by atoms with van der Waals surface area (Å²) in [4.78, 5) is 9.08. The molecule has 3 aromatic carbocycles. The van der Waals surface area contributed by atoms with Crippen LogP contribution in [0.4, 0.5) is 0 Å². The predicted octanol–water partition coefficient (Wildman–Crippen LogP) is 9.62. The molecule has 0 aliphatic heterocycles. The molecule has 0 unspecified atom stereocenters. The zero-order valence-electron chi connectivity index (χ0n) is 24.4. The Labute approximate surface area is 264 Å². The Morgan fingerprint density at radius 3 is 2.17 bits per heavy atom. The van der Waals surface area contributed by atoms with E-state index in [0.717, 1.165) is 22.9 Å². The minimum Gasteiger partial charge on any atom is -0.305 e. The van der Waals surface area contributed by atoms with Gasteiger partial charge in [0.1, 0.15) is 0 Å². The van der Waals surface area contributed by atoms with Gasteiger partial charge in [0, 0.05) is 32.5 Å². The Morgan fingerprint density at radius 2 is 1.43 bits per heavy atom. The van der Waals surface area contributed by atoms with E-state index in [4.69, 9.17) is 4.98 Å². The quantitative estimate of drug-likeness (QED) is 0.173. The largest absolute Gasteiger partial charge is 0.305 e. The van der Waals surface area contributed by atoms with Crippen molar-refractivity contribution in [3.63, 3.8) is 0 Å². The number of aromatic nitrogens is 2. The van der Waals surface area contributed by atoms with E-state index in [1.54, 1.807) is 6.20 Å². The summed E-state index contributed by atoms with van der Waals surface area (Å²) in [7, 11) is 0. The van der Waals surface area contributed by atoms with E-state index >= 15 is 0 Å². The van der Waals surface area contributed by atoms with Crippen LogP contribution in [0.2, 0.25) is 0 Å². The molecule has 0 atom stereocenters. The molecule has 5 aromatic rings. The zero-order valence-corrected chi connectivity index (χ0v) is 26.8. The molecule has 2 heterocycles. The Kier molecular flexibility index (Phi) is 8.01. The molecule has 2 aromatic heterocycles. The number of hydrogen-bond acceptors (Lipinski definition) is 2. The average molecular weight is 725 g/mol. The third kappa shape index (κ3) is 5.08. The smallest absolute Gasteiger partial charge is 0.0163 e. The molecule has 0 N–H and O–H groups in total. The maximum absolute atomic E-state index is 4.86. The van der Waals surface area contributed by atoms with Gasteiger partial charge in [-0.25, -0.2) is 0 Å². The summed E-state index contributed by atoms with van der Waals surface area (Å²) in [5.41, 5.74) is 11.7. The van der Waals surface area contributed by atoms with E-state index in [1.165, 1.54) is 71.9 Å². The molecule has 3 saturated carbocycles. The van der Waals surface area contributed by atoms with Gasteiger partial charge in [-0.15, -0.1) is 65.2 Å². The standard InChI is InChI=1S/C28H28N.C11H8N.Ir/c1-27(2)24-9-4-3-6-21(24)22-7-5-8-23(26(22)27)25-18-20(13-17-29-25)28-14-10-19(11-15-28)12-16-28;1-2-6-10(7-3-1)11-8-4-5-9-12-11;/h3-7,9,13,17-19H,10-12,14-16H2,1-2H3;1-6,8-9H;/q2*-1;. The van der Waals surface area contributed by atoms with Gasteiger partial charge in [-0.1, -0.05) is 61.9 Å². The molecule has 9 rings (SSSR count). The maximum Gasteiger partial charge on any atom is 0.0163 e. The number of fused-ring (bicyclic) bond motifs is 6. The second-order valence-corrected chi connectivity index (χ2v) is 12.5. The van der Waals surface area contributed by atoms with E-state index in [-0.39, 0.29) is 25.5 Å². The normalized spacial score (nSPS) is 20.9. The number of benzene rings is 3. The van der Waals surface area contributed by atoms with Crippen molar-refractivity contribution >= 4 is 0 Å². The molecular formula is C39H36IrN2-2. The van der Waals surface area contributed by atoms with Gasteiger partial charge >= 0.3 is 0 Å². The first-order valence-corrected chi connectivity index (χ1v) is 15.1. The second kappa shape index (κ2) is 11.7. The van der Waals surface area contributed by atoms with Crippen molar-refractivity contribution in [1.82, 2.24) is 9.97 Å². The first kappa shape index (κ1) is 28.7. The fourth-order valence-corrected chi connectivity index (χ4v) is 7.63. The first-order chi connectivity index (χ1) is 20.1. The molecule has 0 amide bonds. The minimum absolute atomic E-state index is 0. The molecule has 3 heteroatoms. The van der Waals surface area contributed by atoms with Crippen molar-refractivity contribution in [3.8, 4) is 33.6 Å². The van der Waals surface area contributed by atoms with Crippen LogP contribution in [-0.2, 0) is 30.9 Å². The molecule has 4 aliphatic carbocycles. The predicted molar refractivity (Wildman–Crippen MR) is 167 cm³/mol. The van der Waals surface area contributed by atoms with Gasteiger partial charge in [-0.3, -0.25) is 0 Å². The fraction of sp³-hybridized carbons (Fsp3) is 0.282. The van der Waals surface area contributed by atoms with E-state index in [0.29, 0.717) is 5.41 Å². The molecule has 2 nitrogen and oxygen atoms in total. The summed E-state index contributed by atoms with van der Waals surface area (Å²) in [6, 6.07) is 38.3.